The molecule has 0 fully saturated rings. The lowest BCUT2D eigenvalue weighted by atomic mass is 10.1. The Kier molecular flexibility index (Phi) is 5.29. The first-order valence-electron chi connectivity index (χ1n) is 9.25. The molecular weight excluding hydrogens is 401 g/mol. The molecule has 3 aromatic carbocycles. The van der Waals surface area contributed by atoms with Crippen molar-refractivity contribution in [3.8, 4) is 10.6 Å². The van der Waals surface area contributed by atoms with E-state index in [4.69, 9.17) is 0 Å². The molecule has 7 heteroatoms. The van der Waals surface area contributed by atoms with Gasteiger partial charge < -0.3 is 10.6 Å². The van der Waals surface area contributed by atoms with Gasteiger partial charge in [0.2, 0.25) is 5.91 Å². The molecule has 0 atom stereocenters. The van der Waals surface area contributed by atoms with Gasteiger partial charge in [0.15, 0.2) is 0 Å². The summed E-state index contributed by atoms with van der Waals surface area (Å²) in [7, 11) is 0. The van der Waals surface area contributed by atoms with Crippen LogP contribution in [-0.2, 0) is 4.79 Å². The summed E-state index contributed by atoms with van der Waals surface area (Å²) in [5, 5.41) is 6.06. The normalized spacial score (nSPS) is 10.8. The maximum Gasteiger partial charge on any atom is 0.255 e. The van der Waals surface area contributed by atoms with E-state index in [-0.39, 0.29) is 11.3 Å². The Morgan fingerprint density at radius 3 is 2.47 bits per heavy atom. The molecule has 0 aliphatic heterocycles. The van der Waals surface area contributed by atoms with Crippen LogP contribution in [0.5, 0.6) is 0 Å². The van der Waals surface area contributed by atoms with Crippen molar-refractivity contribution in [2.24, 2.45) is 0 Å². The molecule has 150 valence electrons. The zero-order chi connectivity index (χ0) is 21.3. The molecule has 2 N–H and O–H groups in total. The average Bonchev–Trinajstić information content (AvgIpc) is 3.13. The van der Waals surface area contributed by atoms with Gasteiger partial charge in [0, 0.05) is 23.7 Å². The first kappa shape index (κ1) is 19.7. The van der Waals surface area contributed by atoms with E-state index in [1.54, 1.807) is 23.5 Å². The van der Waals surface area contributed by atoms with E-state index in [0.29, 0.717) is 5.69 Å². The largest absolute Gasteiger partial charge is 0.324 e. The van der Waals surface area contributed by atoms with E-state index >= 15 is 0 Å². The van der Waals surface area contributed by atoms with Crippen LogP contribution in [0.3, 0.4) is 0 Å². The predicted molar refractivity (Wildman–Crippen MR) is 118 cm³/mol. The summed E-state index contributed by atoms with van der Waals surface area (Å²) in [4.78, 5) is 28.4. The number of hydrogen-bond acceptors (Lipinski definition) is 4. The third-order valence-corrected chi connectivity index (χ3v) is 5.54. The molecule has 2 amide bonds. The van der Waals surface area contributed by atoms with E-state index in [9.17, 15) is 14.0 Å². The zero-order valence-corrected chi connectivity index (χ0v) is 17.1. The van der Waals surface area contributed by atoms with Gasteiger partial charge in [-0.05, 0) is 67.1 Å². The molecule has 1 aromatic heterocycles. The molecule has 4 aromatic rings. The van der Waals surface area contributed by atoms with Gasteiger partial charge in [-0.1, -0.05) is 6.07 Å². The topological polar surface area (TPSA) is 71.1 Å². The molecule has 5 nitrogen and oxygen atoms in total. The number of aryl methyl sites for hydroxylation is 1. The predicted octanol–water partition coefficient (Wildman–Crippen LogP) is 5.62. The third-order valence-electron chi connectivity index (χ3n) is 4.47. The molecule has 0 saturated heterocycles. The SMILES string of the molecule is CC(=O)Nc1cc(C(=O)Nc2ccc(-c3nc4ccc(C)cc4s3)cc2)ccc1F. The van der Waals surface area contributed by atoms with Crippen LogP contribution < -0.4 is 10.6 Å². The number of rotatable bonds is 4. The Morgan fingerprint density at radius 2 is 1.73 bits per heavy atom. The summed E-state index contributed by atoms with van der Waals surface area (Å²) < 4.78 is 14.9. The number of aromatic nitrogens is 1. The average molecular weight is 419 g/mol. The summed E-state index contributed by atoms with van der Waals surface area (Å²) >= 11 is 1.62. The number of nitrogens with zero attached hydrogens (tertiary/aromatic N) is 1. The van der Waals surface area contributed by atoms with Gasteiger partial charge in [-0.25, -0.2) is 9.37 Å². The van der Waals surface area contributed by atoms with Crippen molar-refractivity contribution in [1.29, 1.82) is 0 Å². The molecule has 1 heterocycles. The molecule has 0 unspecified atom stereocenters. The van der Waals surface area contributed by atoms with Gasteiger partial charge in [0.25, 0.3) is 5.91 Å². The zero-order valence-electron chi connectivity index (χ0n) is 16.3. The van der Waals surface area contributed by atoms with E-state index in [1.165, 1.54) is 24.6 Å². The second-order valence-corrected chi connectivity index (χ2v) is 7.93. The van der Waals surface area contributed by atoms with Gasteiger partial charge in [-0.15, -0.1) is 11.3 Å². The van der Waals surface area contributed by atoms with E-state index in [1.807, 2.05) is 24.3 Å². The number of carbonyl (C=O) groups is 2. The molecule has 0 aliphatic carbocycles. The Balaban J connectivity index is 1.51. The first-order valence-corrected chi connectivity index (χ1v) is 10.1. The minimum Gasteiger partial charge on any atom is -0.324 e. The molecule has 0 bridgehead atoms. The Labute approximate surface area is 176 Å². The van der Waals surface area contributed by atoms with Crippen LogP contribution in [0.2, 0.25) is 0 Å². The summed E-state index contributed by atoms with van der Waals surface area (Å²) in [5.41, 5.74) is 3.93. The molecule has 0 aliphatic rings. The van der Waals surface area contributed by atoms with E-state index in [2.05, 4.69) is 28.6 Å². The van der Waals surface area contributed by atoms with Crippen molar-refractivity contribution in [3.63, 3.8) is 0 Å². The molecule has 0 radical (unpaired) electrons. The number of nitrogens with one attached hydrogen (secondary N) is 2. The fraction of sp³-hybridized carbons (Fsp3) is 0.0870. The lowest BCUT2D eigenvalue weighted by molar-refractivity contribution is -0.114. The quantitative estimate of drug-likeness (QED) is 0.451. The number of fused-ring (bicyclic) bond motifs is 1. The summed E-state index contributed by atoms with van der Waals surface area (Å²) in [6.45, 7) is 3.33. The van der Waals surface area contributed by atoms with Gasteiger partial charge in [0.05, 0.1) is 15.9 Å². The summed E-state index contributed by atoms with van der Waals surface area (Å²) in [6.07, 6.45) is 0. The number of halogens is 1. The number of thiazole rings is 1. The second kappa shape index (κ2) is 8.04. The van der Waals surface area contributed by atoms with Gasteiger partial charge in [-0.2, -0.15) is 0 Å². The second-order valence-electron chi connectivity index (χ2n) is 6.90. The van der Waals surface area contributed by atoms with Crippen LogP contribution in [0, 0.1) is 12.7 Å². The molecule has 30 heavy (non-hydrogen) atoms. The third kappa shape index (κ3) is 4.21. The van der Waals surface area contributed by atoms with E-state index < -0.39 is 17.6 Å². The number of anilines is 2. The lowest BCUT2D eigenvalue weighted by Gasteiger charge is -2.09. The number of benzene rings is 3. The molecular formula is C23H18FN3O2S. The number of hydrogen-bond donors (Lipinski definition) is 2. The van der Waals surface area contributed by atoms with Crippen LogP contribution in [-0.4, -0.2) is 16.8 Å². The lowest BCUT2D eigenvalue weighted by Crippen LogP contribution is -2.14. The smallest absolute Gasteiger partial charge is 0.255 e. The van der Waals surface area contributed by atoms with Crippen LogP contribution in [0.1, 0.15) is 22.8 Å². The molecule has 0 saturated carbocycles. The Bertz CT molecular complexity index is 1270. The number of carbonyl (C=O) groups excluding carboxylic acids is 2. The van der Waals surface area contributed by atoms with Crippen molar-refractivity contribution in [2.45, 2.75) is 13.8 Å². The fourth-order valence-corrected chi connectivity index (χ4v) is 4.08. The Morgan fingerprint density at radius 1 is 0.967 bits per heavy atom. The minimum absolute atomic E-state index is 0.0310. The minimum atomic E-state index is -0.600. The van der Waals surface area contributed by atoms with Crippen LogP contribution in [0.15, 0.2) is 60.7 Å². The fourth-order valence-electron chi connectivity index (χ4n) is 3.01. The highest BCUT2D eigenvalue weighted by molar-refractivity contribution is 7.21. The van der Waals surface area contributed by atoms with Crippen molar-refractivity contribution >= 4 is 44.7 Å². The summed E-state index contributed by atoms with van der Waals surface area (Å²) in [5.74, 6) is -1.41. The number of amides is 2. The first-order chi connectivity index (χ1) is 14.4. The van der Waals surface area contributed by atoms with Gasteiger partial charge >= 0.3 is 0 Å². The molecule has 0 spiro atoms. The maximum absolute atomic E-state index is 13.8. The highest BCUT2D eigenvalue weighted by Crippen LogP contribution is 2.31. The van der Waals surface area contributed by atoms with Gasteiger partial charge in [0.1, 0.15) is 10.8 Å². The van der Waals surface area contributed by atoms with Crippen molar-refractivity contribution in [1.82, 2.24) is 4.98 Å². The molecule has 4 rings (SSSR count). The van der Waals surface area contributed by atoms with Crippen molar-refractivity contribution < 1.29 is 14.0 Å². The Hall–Kier alpha value is -3.58. The van der Waals surface area contributed by atoms with Gasteiger partial charge in [-0.3, -0.25) is 9.59 Å². The summed E-state index contributed by atoms with van der Waals surface area (Å²) in [6, 6.07) is 17.4. The standard InChI is InChI=1S/C23H18FN3O2S/c1-13-3-10-19-21(11-13)30-23(27-19)15-4-7-17(8-5-15)26-22(29)16-6-9-18(24)20(12-16)25-14(2)28/h3-12H,1-2H3,(H,25,28)(H,26,29). The van der Waals surface area contributed by atoms with Crippen molar-refractivity contribution in [2.75, 3.05) is 10.6 Å². The van der Waals surface area contributed by atoms with Crippen LogP contribution in [0.4, 0.5) is 15.8 Å². The van der Waals surface area contributed by atoms with Crippen LogP contribution >= 0.6 is 11.3 Å². The van der Waals surface area contributed by atoms with E-state index in [0.717, 1.165) is 26.9 Å². The highest BCUT2D eigenvalue weighted by Gasteiger charge is 2.12. The van der Waals surface area contributed by atoms with Crippen molar-refractivity contribution in [3.05, 3.63) is 77.6 Å². The van der Waals surface area contributed by atoms with Crippen LogP contribution in [0.25, 0.3) is 20.8 Å². The monoisotopic (exact) mass is 419 g/mol. The maximum atomic E-state index is 13.8. The highest BCUT2D eigenvalue weighted by atomic mass is 32.1.